The summed E-state index contributed by atoms with van der Waals surface area (Å²) in [5, 5.41) is 0. The van der Waals surface area contributed by atoms with Crippen molar-refractivity contribution in [3.63, 3.8) is 0 Å². The van der Waals surface area contributed by atoms with Gasteiger partial charge in [-0.15, -0.1) is 0 Å². The minimum Gasteiger partial charge on any atom is -0.338 e. The number of benzene rings is 2. The van der Waals surface area contributed by atoms with Crippen LogP contribution in [0.5, 0.6) is 0 Å². The van der Waals surface area contributed by atoms with Gasteiger partial charge in [-0.3, -0.25) is 9.59 Å². The van der Waals surface area contributed by atoms with E-state index in [4.69, 9.17) is 0 Å². The zero-order valence-corrected chi connectivity index (χ0v) is 16.1. The van der Waals surface area contributed by atoms with Crippen LogP contribution >= 0.6 is 0 Å². The van der Waals surface area contributed by atoms with E-state index in [0.29, 0.717) is 13.1 Å². The maximum atomic E-state index is 13.0. The highest BCUT2D eigenvalue weighted by Crippen LogP contribution is 2.43. The van der Waals surface area contributed by atoms with Gasteiger partial charge in [-0.25, -0.2) is 0 Å². The number of fused-ring (bicyclic) bond motifs is 2. The van der Waals surface area contributed by atoms with E-state index < -0.39 is 0 Å². The number of rotatable bonds is 2. The molecule has 0 radical (unpaired) electrons. The number of hydrogen-bond acceptors (Lipinski definition) is 2. The number of carbonyl (C=O) groups excluding carboxylic acids is 1. The maximum absolute atomic E-state index is 13.0. The molecule has 1 fully saturated rings. The molecule has 4 heteroatoms. The van der Waals surface area contributed by atoms with Gasteiger partial charge in [0.25, 0.3) is 11.5 Å². The van der Waals surface area contributed by atoms with Crippen LogP contribution in [0.25, 0.3) is 17.3 Å². The lowest BCUT2D eigenvalue weighted by Gasteiger charge is -2.39. The molecule has 0 saturated carbocycles. The monoisotopic (exact) mass is 382 g/mol. The minimum absolute atomic E-state index is 0.0248. The van der Waals surface area contributed by atoms with Crippen LogP contribution in [0.15, 0.2) is 77.6 Å². The molecule has 2 aliphatic rings. The normalized spacial score (nSPS) is 16.8. The fourth-order valence-corrected chi connectivity index (χ4v) is 4.58. The third kappa shape index (κ3) is 3.01. The molecule has 1 amide bonds. The average Bonchev–Trinajstić information content (AvgIpc) is 3.13. The number of pyridine rings is 1. The quantitative estimate of drug-likeness (QED) is 0.721. The summed E-state index contributed by atoms with van der Waals surface area (Å²) in [6, 6.07) is 21.6. The number of likely N-dealkylation sites (tertiary alicyclic amines) is 1. The first kappa shape index (κ1) is 17.7. The van der Waals surface area contributed by atoms with Crippen molar-refractivity contribution in [3.05, 3.63) is 99.9 Å². The summed E-state index contributed by atoms with van der Waals surface area (Å²) in [4.78, 5) is 30.3. The van der Waals surface area contributed by atoms with Gasteiger partial charge in [-0.2, -0.15) is 0 Å². The first-order chi connectivity index (χ1) is 14.2. The molecule has 1 aromatic heterocycles. The van der Waals surface area contributed by atoms with E-state index >= 15 is 0 Å². The van der Waals surface area contributed by atoms with Crippen LogP contribution in [0.3, 0.4) is 0 Å². The Balaban J connectivity index is 1.34. The molecular formula is C25H22N2O2. The molecule has 1 saturated heterocycles. The second kappa shape index (κ2) is 6.89. The fraction of sp³-hybridized carbons (Fsp3) is 0.200. The molecule has 4 nitrogen and oxygen atoms in total. The van der Waals surface area contributed by atoms with Gasteiger partial charge >= 0.3 is 0 Å². The summed E-state index contributed by atoms with van der Waals surface area (Å²) in [7, 11) is 0. The third-order valence-corrected chi connectivity index (χ3v) is 6.25. The minimum atomic E-state index is -0.331. The Kier molecular flexibility index (Phi) is 4.20. The topological polar surface area (TPSA) is 53.2 Å². The number of piperidine rings is 1. The van der Waals surface area contributed by atoms with Crippen LogP contribution in [0.4, 0.5) is 0 Å². The van der Waals surface area contributed by atoms with E-state index in [0.717, 1.165) is 24.1 Å². The summed E-state index contributed by atoms with van der Waals surface area (Å²) in [6.45, 7) is 1.30. The van der Waals surface area contributed by atoms with Crippen molar-refractivity contribution in [2.24, 2.45) is 0 Å². The first-order valence-corrected chi connectivity index (χ1v) is 10.0. The molecule has 1 aliphatic heterocycles. The van der Waals surface area contributed by atoms with Gasteiger partial charge in [-0.1, -0.05) is 66.7 Å². The Hall–Kier alpha value is -3.40. The highest BCUT2D eigenvalue weighted by atomic mass is 16.2. The van der Waals surface area contributed by atoms with Crippen LogP contribution in [0.1, 0.15) is 34.3 Å². The van der Waals surface area contributed by atoms with E-state index in [1.807, 2.05) is 41.3 Å². The predicted octanol–water partition coefficient (Wildman–Crippen LogP) is 4.24. The zero-order valence-electron chi connectivity index (χ0n) is 16.1. The fourth-order valence-electron chi connectivity index (χ4n) is 4.58. The lowest BCUT2D eigenvalue weighted by atomic mass is 9.74. The molecule has 144 valence electrons. The summed E-state index contributed by atoms with van der Waals surface area (Å²) >= 11 is 0. The maximum Gasteiger partial charge on any atom is 0.261 e. The van der Waals surface area contributed by atoms with Gasteiger partial charge in [0.1, 0.15) is 5.56 Å². The molecule has 1 spiro atoms. The number of allylic oxidation sites excluding steroid dienone is 1. The lowest BCUT2D eigenvalue weighted by Crippen LogP contribution is -2.45. The number of nitrogens with zero attached hydrogens (tertiary/aromatic N) is 1. The van der Waals surface area contributed by atoms with Gasteiger partial charge in [0.15, 0.2) is 0 Å². The molecule has 0 atom stereocenters. The molecule has 0 bridgehead atoms. The molecule has 2 aromatic carbocycles. The number of hydrogen-bond donors (Lipinski definition) is 1. The van der Waals surface area contributed by atoms with Crippen molar-refractivity contribution in [2.75, 3.05) is 13.1 Å². The summed E-state index contributed by atoms with van der Waals surface area (Å²) < 4.78 is 0. The number of amides is 1. The molecule has 5 rings (SSSR count). The van der Waals surface area contributed by atoms with E-state index in [1.165, 1.54) is 11.1 Å². The summed E-state index contributed by atoms with van der Waals surface area (Å²) in [5.41, 5.74) is 4.19. The van der Waals surface area contributed by atoms with E-state index in [9.17, 15) is 9.59 Å². The van der Waals surface area contributed by atoms with Crippen molar-refractivity contribution in [1.29, 1.82) is 0 Å². The number of nitrogens with one attached hydrogen (secondary N) is 1. The van der Waals surface area contributed by atoms with Gasteiger partial charge < -0.3 is 9.88 Å². The molecule has 1 N–H and O–H groups in total. The molecule has 3 aromatic rings. The largest absolute Gasteiger partial charge is 0.338 e. The highest BCUT2D eigenvalue weighted by molar-refractivity contribution is 5.94. The van der Waals surface area contributed by atoms with Gasteiger partial charge in [0.05, 0.1) is 0 Å². The number of aromatic amines is 1. The molecular weight excluding hydrogens is 360 g/mol. The predicted molar refractivity (Wildman–Crippen MR) is 115 cm³/mol. The average molecular weight is 382 g/mol. The van der Waals surface area contributed by atoms with Crippen molar-refractivity contribution in [2.45, 2.75) is 18.3 Å². The second-order valence-electron chi connectivity index (χ2n) is 7.85. The van der Waals surface area contributed by atoms with Gasteiger partial charge in [-0.05, 0) is 41.7 Å². The standard InChI is InChI=1S/C25H22N2O2/c28-23-20(10-11-22(26-23)19-7-2-1-3-8-19)24(29)27-16-14-25(15-17-27)13-12-18-6-4-5-9-21(18)25/h1-13H,14-17H2,(H,26,28). The molecule has 2 heterocycles. The third-order valence-electron chi connectivity index (χ3n) is 6.25. The van der Waals surface area contributed by atoms with Crippen LogP contribution in [-0.2, 0) is 5.41 Å². The van der Waals surface area contributed by atoms with Gasteiger partial charge in [0, 0.05) is 24.2 Å². The van der Waals surface area contributed by atoms with Crippen molar-refractivity contribution in [1.82, 2.24) is 9.88 Å². The number of aromatic nitrogens is 1. The van der Waals surface area contributed by atoms with Crippen LogP contribution in [0, 0.1) is 0 Å². The van der Waals surface area contributed by atoms with E-state index in [-0.39, 0.29) is 22.4 Å². The summed E-state index contributed by atoms with van der Waals surface area (Å²) in [5.74, 6) is -0.184. The Bertz CT molecular complexity index is 1150. The number of H-pyrrole nitrogens is 1. The van der Waals surface area contributed by atoms with E-state index in [2.05, 4.69) is 41.4 Å². The van der Waals surface area contributed by atoms with Crippen molar-refractivity contribution in [3.8, 4) is 11.3 Å². The van der Waals surface area contributed by atoms with Gasteiger partial charge in [0.2, 0.25) is 0 Å². The van der Waals surface area contributed by atoms with Crippen molar-refractivity contribution >= 4 is 12.0 Å². The smallest absolute Gasteiger partial charge is 0.261 e. The Morgan fingerprint density at radius 3 is 2.38 bits per heavy atom. The first-order valence-electron chi connectivity index (χ1n) is 10.0. The number of carbonyl (C=O) groups is 1. The molecule has 1 aliphatic carbocycles. The Labute approximate surface area is 169 Å². The highest BCUT2D eigenvalue weighted by Gasteiger charge is 2.39. The van der Waals surface area contributed by atoms with Crippen molar-refractivity contribution < 1.29 is 4.79 Å². The molecule has 0 unspecified atom stereocenters. The zero-order chi connectivity index (χ0) is 19.8. The molecule has 29 heavy (non-hydrogen) atoms. The second-order valence-corrected chi connectivity index (χ2v) is 7.85. The Morgan fingerprint density at radius 2 is 1.62 bits per heavy atom. The van der Waals surface area contributed by atoms with E-state index in [1.54, 1.807) is 6.07 Å². The van der Waals surface area contributed by atoms with Crippen LogP contribution < -0.4 is 5.56 Å². The summed E-state index contributed by atoms with van der Waals surface area (Å²) in [6.07, 6.45) is 6.25. The van der Waals surface area contributed by atoms with Crippen LogP contribution in [-0.4, -0.2) is 28.9 Å². The lowest BCUT2D eigenvalue weighted by molar-refractivity contribution is 0.0688. The van der Waals surface area contributed by atoms with Crippen LogP contribution in [0.2, 0.25) is 0 Å². The Morgan fingerprint density at radius 1 is 0.897 bits per heavy atom. The SMILES string of the molecule is O=C(c1ccc(-c2ccccc2)[nH]c1=O)N1CCC2(C=Cc3ccccc32)CC1.